The molecule has 0 saturated carbocycles. The number of benzene rings is 1. The van der Waals surface area contributed by atoms with Crippen molar-refractivity contribution < 1.29 is 27.9 Å². The van der Waals surface area contributed by atoms with Crippen LogP contribution in [0.1, 0.15) is 25.5 Å². The number of nitrogens with zero attached hydrogens (tertiary/aromatic N) is 3. The average molecular weight is 485 g/mol. The predicted molar refractivity (Wildman–Crippen MR) is 128 cm³/mol. The second-order valence-corrected chi connectivity index (χ2v) is 8.71. The van der Waals surface area contributed by atoms with E-state index in [1.54, 1.807) is 41.5 Å². The number of piperidine rings is 1. The molecule has 2 aliphatic rings. The zero-order valence-corrected chi connectivity index (χ0v) is 19.8. The molecule has 0 unspecified atom stereocenters. The Kier molecular flexibility index (Phi) is 7.38. The SMILES string of the molecule is CC(=O)NC[C@H]1CN(c2ccc(N(C)C3CCN(C(=O)/C=C/c4ccco4)CC3)c(F)c2)C(=O)O1. The fourth-order valence-corrected chi connectivity index (χ4v) is 4.36. The summed E-state index contributed by atoms with van der Waals surface area (Å²) in [5, 5.41) is 2.62. The lowest BCUT2D eigenvalue weighted by Crippen LogP contribution is -2.45. The molecular formula is C25H29FN4O5. The van der Waals surface area contributed by atoms with E-state index in [4.69, 9.17) is 9.15 Å². The number of likely N-dealkylation sites (tertiary alicyclic amines) is 1. The monoisotopic (exact) mass is 484 g/mol. The molecule has 0 spiro atoms. The van der Waals surface area contributed by atoms with E-state index >= 15 is 4.39 Å². The molecule has 1 aromatic carbocycles. The highest BCUT2D eigenvalue weighted by molar-refractivity contribution is 5.91. The maximum atomic E-state index is 15.1. The van der Waals surface area contributed by atoms with E-state index in [9.17, 15) is 14.4 Å². The first-order chi connectivity index (χ1) is 16.8. The number of hydrogen-bond donors (Lipinski definition) is 1. The standard InChI is InChI=1S/C25H29FN4O5/c1-17(31)27-15-21-16-30(25(33)35-21)19-5-7-23(22(26)14-19)28(2)18-9-11-29(12-10-18)24(32)8-6-20-4-3-13-34-20/h3-8,13-14,18,21H,9-12,15-16H2,1-2H3,(H,27,31)/b8-6+/t21-/m0/s1. The van der Waals surface area contributed by atoms with Gasteiger partial charge in [-0.05, 0) is 49.2 Å². The van der Waals surface area contributed by atoms with Crippen LogP contribution >= 0.6 is 0 Å². The van der Waals surface area contributed by atoms with Crippen LogP contribution < -0.4 is 15.1 Å². The molecule has 9 nitrogen and oxygen atoms in total. The molecule has 10 heteroatoms. The molecule has 35 heavy (non-hydrogen) atoms. The zero-order chi connectivity index (χ0) is 24.9. The van der Waals surface area contributed by atoms with Gasteiger partial charge in [0.25, 0.3) is 0 Å². The summed E-state index contributed by atoms with van der Waals surface area (Å²) >= 11 is 0. The number of halogens is 1. The number of nitrogens with one attached hydrogen (secondary N) is 1. The minimum absolute atomic E-state index is 0.0761. The van der Waals surface area contributed by atoms with Crippen molar-refractivity contribution in [3.05, 3.63) is 54.2 Å². The van der Waals surface area contributed by atoms with Crippen LogP contribution in [-0.2, 0) is 14.3 Å². The number of ether oxygens (including phenoxy) is 1. The molecule has 3 amide bonds. The molecule has 3 heterocycles. The molecule has 1 N–H and O–H groups in total. The van der Waals surface area contributed by atoms with Crippen LogP contribution in [0.4, 0.5) is 20.6 Å². The van der Waals surface area contributed by atoms with Gasteiger partial charge in [0, 0.05) is 39.2 Å². The van der Waals surface area contributed by atoms with Gasteiger partial charge in [0.1, 0.15) is 17.7 Å². The van der Waals surface area contributed by atoms with Gasteiger partial charge in [-0.1, -0.05) is 0 Å². The van der Waals surface area contributed by atoms with E-state index in [2.05, 4.69) is 5.32 Å². The summed E-state index contributed by atoms with van der Waals surface area (Å²) in [7, 11) is 1.84. The average Bonchev–Trinajstić information content (AvgIpc) is 3.50. The molecule has 4 rings (SSSR count). The second-order valence-electron chi connectivity index (χ2n) is 8.71. The van der Waals surface area contributed by atoms with Crippen LogP contribution in [-0.4, -0.2) is 68.2 Å². The molecular weight excluding hydrogens is 455 g/mol. The lowest BCUT2D eigenvalue weighted by Gasteiger charge is -2.37. The highest BCUT2D eigenvalue weighted by atomic mass is 19.1. The lowest BCUT2D eigenvalue weighted by molar-refractivity contribution is -0.127. The van der Waals surface area contributed by atoms with Crippen molar-refractivity contribution in [2.75, 3.05) is 43.0 Å². The number of furan rings is 1. The third kappa shape index (κ3) is 5.82. The van der Waals surface area contributed by atoms with Crippen molar-refractivity contribution in [3.63, 3.8) is 0 Å². The van der Waals surface area contributed by atoms with Crippen molar-refractivity contribution in [3.8, 4) is 0 Å². The molecule has 1 aromatic heterocycles. The number of hydrogen-bond acceptors (Lipinski definition) is 6. The van der Waals surface area contributed by atoms with Gasteiger partial charge in [-0.2, -0.15) is 0 Å². The Labute approximate surface area is 203 Å². The molecule has 0 aliphatic carbocycles. The molecule has 2 aromatic rings. The fourth-order valence-electron chi connectivity index (χ4n) is 4.36. The summed E-state index contributed by atoms with van der Waals surface area (Å²) in [4.78, 5) is 40.8. The van der Waals surface area contributed by atoms with Crippen LogP contribution in [0.25, 0.3) is 6.08 Å². The third-order valence-corrected chi connectivity index (χ3v) is 6.33. The minimum atomic E-state index is -0.570. The van der Waals surface area contributed by atoms with Crippen molar-refractivity contribution in [1.82, 2.24) is 10.2 Å². The van der Waals surface area contributed by atoms with Gasteiger partial charge in [-0.15, -0.1) is 0 Å². The summed E-state index contributed by atoms with van der Waals surface area (Å²) in [5.41, 5.74) is 0.831. The number of anilines is 2. The van der Waals surface area contributed by atoms with Crippen LogP contribution in [0.5, 0.6) is 0 Å². The number of amides is 3. The van der Waals surface area contributed by atoms with Crippen LogP contribution in [0.15, 0.2) is 47.1 Å². The molecule has 2 saturated heterocycles. The number of rotatable bonds is 7. The fraction of sp³-hybridized carbons (Fsp3) is 0.400. The molecule has 186 valence electrons. The van der Waals surface area contributed by atoms with Crippen molar-refractivity contribution in [1.29, 1.82) is 0 Å². The summed E-state index contributed by atoms with van der Waals surface area (Å²) in [6.45, 7) is 2.98. The second kappa shape index (κ2) is 10.6. The maximum absolute atomic E-state index is 15.1. The Balaban J connectivity index is 1.33. The van der Waals surface area contributed by atoms with Gasteiger partial charge >= 0.3 is 6.09 Å². The molecule has 1 atom stereocenters. The van der Waals surface area contributed by atoms with Gasteiger partial charge in [0.05, 0.1) is 30.7 Å². The van der Waals surface area contributed by atoms with Gasteiger partial charge in [0.2, 0.25) is 11.8 Å². The molecule has 0 radical (unpaired) electrons. The predicted octanol–water partition coefficient (Wildman–Crippen LogP) is 3.02. The van der Waals surface area contributed by atoms with Gasteiger partial charge in [-0.3, -0.25) is 14.5 Å². The van der Waals surface area contributed by atoms with E-state index in [0.717, 1.165) is 0 Å². The first-order valence-corrected chi connectivity index (χ1v) is 11.6. The minimum Gasteiger partial charge on any atom is -0.465 e. The zero-order valence-electron chi connectivity index (χ0n) is 19.8. The van der Waals surface area contributed by atoms with Gasteiger partial charge in [0.15, 0.2) is 0 Å². The van der Waals surface area contributed by atoms with E-state index < -0.39 is 18.0 Å². The Morgan fingerprint density at radius 3 is 2.69 bits per heavy atom. The maximum Gasteiger partial charge on any atom is 0.414 e. The smallest absolute Gasteiger partial charge is 0.414 e. The summed E-state index contributed by atoms with van der Waals surface area (Å²) < 4.78 is 25.5. The van der Waals surface area contributed by atoms with Crippen LogP contribution in [0.2, 0.25) is 0 Å². The quantitative estimate of drug-likeness (QED) is 0.607. The summed E-state index contributed by atoms with van der Waals surface area (Å²) in [6, 6.07) is 8.29. The topological polar surface area (TPSA) is 95.3 Å². The molecule has 2 aliphatic heterocycles. The van der Waals surface area contributed by atoms with E-state index in [-0.39, 0.29) is 30.9 Å². The lowest BCUT2D eigenvalue weighted by atomic mass is 10.0. The Morgan fingerprint density at radius 1 is 1.26 bits per heavy atom. The first kappa shape index (κ1) is 24.3. The summed E-state index contributed by atoms with van der Waals surface area (Å²) in [6.07, 6.45) is 5.07. The van der Waals surface area contributed by atoms with Crippen LogP contribution in [0, 0.1) is 5.82 Å². The van der Waals surface area contributed by atoms with E-state index in [1.165, 1.54) is 24.0 Å². The van der Waals surface area contributed by atoms with E-state index in [0.29, 0.717) is 43.1 Å². The van der Waals surface area contributed by atoms with Gasteiger partial charge in [-0.25, -0.2) is 9.18 Å². The van der Waals surface area contributed by atoms with Crippen LogP contribution in [0.3, 0.4) is 0 Å². The number of carbonyl (C=O) groups excluding carboxylic acids is 3. The molecule has 0 bridgehead atoms. The summed E-state index contributed by atoms with van der Waals surface area (Å²) in [5.74, 6) is -0.105. The largest absolute Gasteiger partial charge is 0.465 e. The van der Waals surface area contributed by atoms with Crippen molar-refractivity contribution >= 4 is 35.4 Å². The Hall–Kier alpha value is -3.82. The molecule has 2 fully saturated rings. The number of cyclic esters (lactones) is 1. The number of carbonyl (C=O) groups is 3. The normalized spacial score (nSPS) is 18.7. The Morgan fingerprint density at radius 2 is 2.03 bits per heavy atom. The Bertz CT molecular complexity index is 1100. The van der Waals surface area contributed by atoms with Crippen molar-refractivity contribution in [2.24, 2.45) is 0 Å². The highest BCUT2D eigenvalue weighted by Gasteiger charge is 2.33. The van der Waals surface area contributed by atoms with E-state index in [1.807, 2.05) is 11.9 Å². The first-order valence-electron chi connectivity index (χ1n) is 11.6. The third-order valence-electron chi connectivity index (χ3n) is 6.33. The van der Waals surface area contributed by atoms with Crippen molar-refractivity contribution in [2.45, 2.75) is 31.9 Å². The van der Waals surface area contributed by atoms with Gasteiger partial charge < -0.3 is 24.3 Å². The highest BCUT2D eigenvalue weighted by Crippen LogP contribution is 2.30.